The zero-order valence-corrected chi connectivity index (χ0v) is 52.4. The molecule has 17 nitrogen and oxygen atoms in total. The van der Waals surface area contributed by atoms with Crippen LogP contribution in [-0.2, 0) is 0 Å². The van der Waals surface area contributed by atoms with Crippen molar-refractivity contribution in [2.45, 2.75) is 77.8 Å². The number of phenolic OH excluding ortho intramolecular Hbond substituents is 3. The van der Waals surface area contributed by atoms with Gasteiger partial charge in [-0.1, -0.05) is 84.0 Å². The summed E-state index contributed by atoms with van der Waals surface area (Å²) in [5.74, 6) is 0.168. The van der Waals surface area contributed by atoms with Crippen molar-refractivity contribution in [3.8, 4) is 39.9 Å². The van der Waals surface area contributed by atoms with Gasteiger partial charge in [-0.05, 0) is 176 Å². The zero-order chi connectivity index (χ0) is 61.0. The second kappa shape index (κ2) is 30.3. The van der Waals surface area contributed by atoms with Crippen molar-refractivity contribution >= 4 is 95.9 Å². The lowest BCUT2D eigenvalue weighted by atomic mass is 9.80. The van der Waals surface area contributed by atoms with E-state index in [0.717, 1.165) is 25.8 Å². The normalized spacial score (nSPS) is 11.0. The number of nitrogens with zero attached hydrogens (tertiary/aromatic N) is 3. The smallest absolute Gasteiger partial charge is 0.488 e. The summed E-state index contributed by atoms with van der Waals surface area (Å²) in [4.78, 5) is 47.5. The van der Waals surface area contributed by atoms with Gasteiger partial charge in [0.15, 0.2) is 0 Å². The van der Waals surface area contributed by atoms with Gasteiger partial charge in [-0.2, -0.15) is 0 Å². The topological polar surface area (TPSA) is 280 Å². The lowest BCUT2D eigenvalue weighted by Gasteiger charge is -2.36. The molecular formula is C60H69BBr2N6O11Si2. The van der Waals surface area contributed by atoms with E-state index in [2.05, 4.69) is 125 Å². The monoisotopic (exact) mass is 1270 g/mol. The second-order valence-corrected chi connectivity index (χ2v) is 32.6. The van der Waals surface area contributed by atoms with Crippen molar-refractivity contribution in [1.29, 1.82) is 0 Å². The van der Waals surface area contributed by atoms with Crippen LogP contribution in [0.1, 0.15) is 72.6 Å². The van der Waals surface area contributed by atoms with Crippen molar-refractivity contribution in [1.82, 2.24) is 15.0 Å². The van der Waals surface area contributed by atoms with Crippen LogP contribution in [0.3, 0.4) is 0 Å². The number of nitrogens with two attached hydrogens (primary N) is 1. The number of aromatic carboxylic acids is 1. The molecular weight excluding hydrogens is 1210 g/mol. The minimum Gasteiger partial charge on any atom is -0.543 e. The van der Waals surface area contributed by atoms with E-state index < -0.39 is 29.7 Å². The first kappa shape index (κ1) is 66.6. The highest BCUT2D eigenvalue weighted by atomic mass is 79.9. The summed E-state index contributed by atoms with van der Waals surface area (Å²) in [7, 11) is -5.34. The number of nitrogens with one attached hydrogen (secondary N) is 2. The van der Waals surface area contributed by atoms with Crippen molar-refractivity contribution in [2.24, 2.45) is 0 Å². The number of pyridine rings is 3. The van der Waals surface area contributed by atoms with Gasteiger partial charge < -0.3 is 55.7 Å². The van der Waals surface area contributed by atoms with Gasteiger partial charge in [-0.15, -0.1) is 0 Å². The minimum atomic E-state index is -1.93. The number of nitrogen functional groups attached to an aromatic ring is 1. The summed E-state index contributed by atoms with van der Waals surface area (Å²) in [6, 6.07) is 38.1. The molecule has 0 aliphatic heterocycles. The Labute approximate surface area is 498 Å². The molecule has 0 unspecified atom stereocenters. The predicted molar refractivity (Wildman–Crippen MR) is 337 cm³/mol. The zero-order valence-electron chi connectivity index (χ0n) is 47.2. The summed E-state index contributed by atoms with van der Waals surface area (Å²) < 4.78 is 14.0. The van der Waals surface area contributed by atoms with Crippen LogP contribution < -0.4 is 30.7 Å². The Morgan fingerprint density at radius 2 is 0.939 bits per heavy atom. The summed E-state index contributed by atoms with van der Waals surface area (Å²) in [6.07, 6.45) is 9.76. The number of carbonyl (C=O) groups excluding carboxylic acids is 2. The molecule has 22 heteroatoms. The van der Waals surface area contributed by atoms with Gasteiger partial charge in [0.1, 0.15) is 28.7 Å². The van der Waals surface area contributed by atoms with E-state index in [1.807, 2.05) is 24.3 Å². The van der Waals surface area contributed by atoms with Gasteiger partial charge in [0.2, 0.25) is 16.6 Å². The van der Waals surface area contributed by atoms with Crippen molar-refractivity contribution < 1.29 is 53.7 Å². The Morgan fingerprint density at radius 3 is 1.38 bits per heavy atom. The quantitative estimate of drug-likeness (QED) is 0.0545. The highest BCUT2D eigenvalue weighted by molar-refractivity contribution is 9.10. The number of aromatic hydroxyl groups is 3. The van der Waals surface area contributed by atoms with Gasteiger partial charge >= 0.3 is 13.1 Å². The molecule has 10 N–H and O–H groups in total. The number of carboxylic acids is 1. The maximum Gasteiger partial charge on any atom is 0.488 e. The van der Waals surface area contributed by atoms with E-state index in [9.17, 15) is 24.6 Å². The van der Waals surface area contributed by atoms with Crippen LogP contribution in [-0.4, -0.2) is 87.0 Å². The molecule has 0 aliphatic carbocycles. The molecule has 2 amide bonds. The molecule has 0 bridgehead atoms. The second-order valence-electron chi connectivity index (χ2n) is 21.4. The van der Waals surface area contributed by atoms with Gasteiger partial charge in [-0.25, -0.2) is 4.79 Å². The van der Waals surface area contributed by atoms with Gasteiger partial charge in [0.25, 0.3) is 11.8 Å². The highest BCUT2D eigenvalue weighted by Crippen LogP contribution is 2.39. The van der Waals surface area contributed by atoms with E-state index in [1.165, 1.54) is 36.5 Å². The average Bonchev–Trinajstić information content (AvgIpc) is 3.50. The minimum absolute atomic E-state index is 0.0317. The number of carbonyl (C=O) groups is 3. The summed E-state index contributed by atoms with van der Waals surface area (Å²) in [5.41, 5.74) is 10.3. The number of hydrogen-bond acceptors (Lipinski definition) is 14. The van der Waals surface area contributed by atoms with Crippen LogP contribution in [0.5, 0.6) is 28.7 Å². The molecule has 0 fully saturated rings. The number of phenols is 3. The van der Waals surface area contributed by atoms with Crippen LogP contribution >= 0.6 is 31.9 Å². The standard InChI is InChI=1S/C18H23BrN2O2Si.C18H14N2O3.C13H20O3Si.C6H7BO3.C5H5BrN2/c1-18(2,3)24(4,5)23-16-8-6-7-13(9-16)17(22)21-15-10-14(19)11-20-12-15;21-16-5-1-3-12(8-16)14-7-15(11-19-10-14)20-18(23)13-4-2-6-17(22)9-13;1-13(2,3)17(4,5)16-11-8-6-7-10(9-11)12(14)15;8-6-3-1-2-5(4-6)7(9)10;6-4-1-5(7)3-8-2-4/h6-12H,1-5H3,(H,21,22);1-11,21-22H,(H,20,23);6-9H,1-5H3,(H,14,15);1-4,8-10H;1-3H,7H2. The molecule has 0 aliphatic rings. The van der Waals surface area contributed by atoms with Gasteiger partial charge in [-0.3, -0.25) is 24.5 Å². The van der Waals surface area contributed by atoms with E-state index in [4.69, 9.17) is 34.8 Å². The Kier molecular flexibility index (Phi) is 24.6. The van der Waals surface area contributed by atoms with Crippen molar-refractivity contribution in [2.75, 3.05) is 16.4 Å². The molecule has 0 saturated heterocycles. The Morgan fingerprint density at radius 1 is 0.512 bits per heavy atom. The number of benzene rings is 5. The number of amides is 2. The largest absolute Gasteiger partial charge is 0.543 e. The first-order chi connectivity index (χ1) is 38.3. The summed E-state index contributed by atoms with van der Waals surface area (Å²) in [6.45, 7) is 21.7. The lowest BCUT2D eigenvalue weighted by molar-refractivity contribution is 0.0696. The van der Waals surface area contributed by atoms with Gasteiger partial charge in [0, 0.05) is 50.4 Å². The van der Waals surface area contributed by atoms with Crippen LogP contribution in [0.25, 0.3) is 11.1 Å². The molecule has 8 aromatic rings. The van der Waals surface area contributed by atoms with Crippen LogP contribution in [0.15, 0.2) is 186 Å². The van der Waals surface area contributed by atoms with Crippen molar-refractivity contribution in [3.63, 3.8) is 0 Å². The van der Waals surface area contributed by atoms with E-state index in [0.29, 0.717) is 39.4 Å². The van der Waals surface area contributed by atoms with E-state index in [1.54, 1.807) is 116 Å². The highest BCUT2D eigenvalue weighted by Gasteiger charge is 2.40. The van der Waals surface area contributed by atoms with Crippen LogP contribution in [0, 0.1) is 0 Å². The number of rotatable bonds is 11. The van der Waals surface area contributed by atoms with Crippen LogP contribution in [0.4, 0.5) is 17.1 Å². The number of anilines is 3. The fourth-order valence-electron chi connectivity index (χ4n) is 6.29. The maximum atomic E-state index is 12.4. The molecule has 0 radical (unpaired) electrons. The Hall–Kier alpha value is -7.86. The molecule has 0 spiro atoms. The molecule has 0 atom stereocenters. The molecule has 3 heterocycles. The Balaban J connectivity index is 0.000000232. The number of halogens is 2. The molecule has 3 aromatic heterocycles. The number of carboxylic acid groups (broad SMARTS) is 1. The van der Waals surface area contributed by atoms with Crippen LogP contribution in [0.2, 0.25) is 36.3 Å². The van der Waals surface area contributed by atoms with E-state index >= 15 is 0 Å². The maximum absolute atomic E-state index is 12.4. The van der Waals surface area contributed by atoms with E-state index in [-0.39, 0.29) is 44.7 Å². The number of hydrogen-bond donors (Lipinski definition) is 9. The van der Waals surface area contributed by atoms with Gasteiger partial charge in [0.05, 0.1) is 35.0 Å². The molecule has 0 saturated carbocycles. The first-order valence-corrected chi connectivity index (χ1v) is 32.8. The lowest BCUT2D eigenvalue weighted by Crippen LogP contribution is -2.43. The molecule has 8 rings (SSSR count). The molecule has 82 heavy (non-hydrogen) atoms. The number of aromatic nitrogens is 3. The van der Waals surface area contributed by atoms with Crippen molar-refractivity contribution in [3.05, 3.63) is 202 Å². The summed E-state index contributed by atoms with van der Waals surface area (Å²) in [5, 5.41) is 59.7. The Bertz CT molecular complexity index is 3400. The predicted octanol–water partition coefficient (Wildman–Crippen LogP) is 13.2. The third kappa shape index (κ3) is 22.2. The third-order valence-electron chi connectivity index (χ3n) is 12.7. The first-order valence-electron chi connectivity index (χ1n) is 25.4. The fraction of sp³-hybridized carbons (Fsp3) is 0.200. The third-order valence-corrected chi connectivity index (χ3v) is 22.3. The summed E-state index contributed by atoms with van der Waals surface area (Å²) >= 11 is 6.56. The molecule has 5 aromatic carbocycles. The average molecular weight is 1280 g/mol. The molecule has 430 valence electrons. The fourth-order valence-corrected chi connectivity index (χ4v) is 9.08. The SMILES string of the molecule is CC(C)(C)[Si](C)(C)Oc1cccc(C(=O)Nc2cncc(Br)c2)c1.CC(C)(C)[Si](C)(C)Oc1cccc(C(=O)O)c1.Nc1cncc(Br)c1.O=C(Nc1cncc(-c2cccc(O)c2)c1)c1cccc(O)c1.OB(O)c1cccc(O)c1.